The molecule has 6 heteroatoms. The average Bonchev–Trinajstić information content (AvgIpc) is 2.91. The summed E-state index contributed by atoms with van der Waals surface area (Å²) in [6, 6.07) is 5.97. The molecule has 0 aliphatic carbocycles. The summed E-state index contributed by atoms with van der Waals surface area (Å²) in [4.78, 5) is 28.9. The topological polar surface area (TPSA) is 68.3 Å². The highest BCUT2D eigenvalue weighted by Gasteiger charge is 2.17. The molecule has 2 rings (SSSR count). The van der Waals surface area contributed by atoms with Gasteiger partial charge in [0.25, 0.3) is 5.91 Å². The molecule has 1 aromatic carbocycles. The number of nitrogens with one attached hydrogen (secondary N) is 1. The zero-order valence-electron chi connectivity index (χ0n) is 14.4. The van der Waals surface area contributed by atoms with Gasteiger partial charge in [0.05, 0.1) is 10.7 Å². The lowest BCUT2D eigenvalue weighted by Gasteiger charge is -2.14. The van der Waals surface area contributed by atoms with Crippen molar-refractivity contribution in [1.29, 1.82) is 0 Å². The molecule has 0 aliphatic heterocycles. The van der Waals surface area contributed by atoms with Crippen molar-refractivity contribution in [3.05, 3.63) is 44.9 Å². The Morgan fingerprint density at radius 3 is 2.29 bits per heavy atom. The molecular formula is C18H22N2O3S. The molecule has 0 aliphatic rings. The fraction of sp³-hybridized carbons (Fsp3) is 0.389. The minimum absolute atomic E-state index is 0.309. The van der Waals surface area contributed by atoms with Gasteiger partial charge in [0, 0.05) is 5.69 Å². The van der Waals surface area contributed by atoms with E-state index in [1.807, 2.05) is 39.0 Å². The molecule has 1 heterocycles. The van der Waals surface area contributed by atoms with Crippen LogP contribution in [0, 0.1) is 13.8 Å². The number of amides is 1. The van der Waals surface area contributed by atoms with Gasteiger partial charge in [-0.3, -0.25) is 4.79 Å². The fourth-order valence-corrected chi connectivity index (χ4v) is 3.31. The Kier molecular flexibility index (Phi) is 6.09. The van der Waals surface area contributed by atoms with Crippen LogP contribution in [0.1, 0.15) is 45.3 Å². The normalized spacial score (nSPS) is 10.5. The molecule has 1 N–H and O–H groups in total. The van der Waals surface area contributed by atoms with E-state index in [0.29, 0.717) is 10.6 Å². The molecule has 2 aromatic rings. The summed E-state index contributed by atoms with van der Waals surface area (Å²) in [6.07, 6.45) is 1.64. The second kappa shape index (κ2) is 8.06. The number of hydrogen-bond donors (Lipinski definition) is 1. The van der Waals surface area contributed by atoms with Crippen molar-refractivity contribution < 1.29 is 14.3 Å². The number of benzene rings is 1. The number of para-hydroxylation sites is 1. The monoisotopic (exact) mass is 346 g/mol. The van der Waals surface area contributed by atoms with E-state index in [4.69, 9.17) is 4.74 Å². The Bertz CT molecular complexity index is 730. The van der Waals surface area contributed by atoms with E-state index in [2.05, 4.69) is 10.3 Å². The Balaban J connectivity index is 2.02. The molecule has 0 saturated heterocycles. The number of ether oxygens (including phenoxy) is 1. The number of aryl methyl sites for hydroxylation is 4. The van der Waals surface area contributed by atoms with E-state index in [9.17, 15) is 9.59 Å². The maximum Gasteiger partial charge on any atom is 0.350 e. The molecule has 0 radical (unpaired) electrons. The first-order valence-electron chi connectivity index (χ1n) is 7.98. The number of rotatable bonds is 6. The highest BCUT2D eigenvalue weighted by Crippen LogP contribution is 2.22. The quantitative estimate of drug-likeness (QED) is 0.810. The first-order valence-corrected chi connectivity index (χ1v) is 8.79. The number of thiazole rings is 1. The maximum atomic E-state index is 12.2. The zero-order valence-corrected chi connectivity index (χ0v) is 15.3. The van der Waals surface area contributed by atoms with Crippen molar-refractivity contribution in [1.82, 2.24) is 4.98 Å². The smallest absolute Gasteiger partial charge is 0.350 e. The van der Waals surface area contributed by atoms with Gasteiger partial charge in [-0.2, -0.15) is 0 Å². The van der Waals surface area contributed by atoms with Gasteiger partial charge in [-0.15, -0.1) is 11.3 Å². The third kappa shape index (κ3) is 4.20. The van der Waals surface area contributed by atoms with Gasteiger partial charge in [0.1, 0.15) is 4.88 Å². The van der Waals surface area contributed by atoms with Crippen LogP contribution in [0.15, 0.2) is 18.2 Å². The highest BCUT2D eigenvalue weighted by atomic mass is 32.1. The van der Waals surface area contributed by atoms with Crippen LogP contribution < -0.4 is 5.32 Å². The Labute approximate surface area is 146 Å². The lowest BCUT2D eigenvalue weighted by molar-refractivity contribution is -0.119. The molecule has 24 heavy (non-hydrogen) atoms. The molecule has 0 saturated carbocycles. The van der Waals surface area contributed by atoms with E-state index in [0.717, 1.165) is 34.7 Å². The second-order valence-corrected chi connectivity index (χ2v) is 6.63. The van der Waals surface area contributed by atoms with Crippen molar-refractivity contribution in [2.75, 3.05) is 11.9 Å². The average molecular weight is 346 g/mol. The van der Waals surface area contributed by atoms with Gasteiger partial charge >= 0.3 is 5.97 Å². The van der Waals surface area contributed by atoms with Gasteiger partial charge < -0.3 is 10.1 Å². The molecule has 0 spiro atoms. The third-order valence-electron chi connectivity index (χ3n) is 3.69. The summed E-state index contributed by atoms with van der Waals surface area (Å²) in [5, 5.41) is 3.68. The number of anilines is 1. The minimum atomic E-state index is -0.507. The molecule has 128 valence electrons. The Morgan fingerprint density at radius 2 is 1.79 bits per heavy atom. The minimum Gasteiger partial charge on any atom is -0.451 e. The van der Waals surface area contributed by atoms with E-state index in [1.54, 1.807) is 6.92 Å². The second-order valence-electron chi connectivity index (χ2n) is 5.43. The van der Waals surface area contributed by atoms with Crippen LogP contribution in [0.4, 0.5) is 5.69 Å². The number of hydrogen-bond acceptors (Lipinski definition) is 5. The standard InChI is InChI=1S/C18H22N2O3S/c1-5-13-8-7-9-14(6-2)16(13)20-15(21)10-23-18(22)17-11(3)19-12(4)24-17/h7-9H,5-6,10H2,1-4H3,(H,20,21). The van der Waals surface area contributed by atoms with Crippen LogP contribution in [0.3, 0.4) is 0 Å². The molecule has 5 nitrogen and oxygen atoms in total. The summed E-state index contributed by atoms with van der Waals surface area (Å²) in [5.74, 6) is -0.842. The molecule has 1 amide bonds. The lowest BCUT2D eigenvalue weighted by atomic mass is 10.0. The van der Waals surface area contributed by atoms with Gasteiger partial charge in [0.15, 0.2) is 6.61 Å². The number of esters is 1. The van der Waals surface area contributed by atoms with Crippen LogP contribution in [-0.4, -0.2) is 23.5 Å². The molecule has 0 atom stereocenters. The van der Waals surface area contributed by atoms with Crippen LogP contribution in [0.2, 0.25) is 0 Å². The van der Waals surface area contributed by atoms with E-state index >= 15 is 0 Å². The molecule has 0 bridgehead atoms. The van der Waals surface area contributed by atoms with Crippen molar-refractivity contribution in [2.24, 2.45) is 0 Å². The molecule has 0 unspecified atom stereocenters. The van der Waals surface area contributed by atoms with Crippen molar-refractivity contribution in [3.8, 4) is 0 Å². The van der Waals surface area contributed by atoms with Crippen molar-refractivity contribution >= 4 is 28.9 Å². The summed E-state index contributed by atoms with van der Waals surface area (Å²) in [5.41, 5.74) is 3.60. The third-order valence-corrected chi connectivity index (χ3v) is 4.74. The fourth-order valence-electron chi connectivity index (χ4n) is 2.50. The maximum absolute atomic E-state index is 12.2. The zero-order chi connectivity index (χ0) is 17.7. The van der Waals surface area contributed by atoms with Crippen molar-refractivity contribution in [3.63, 3.8) is 0 Å². The van der Waals surface area contributed by atoms with Crippen LogP contribution >= 0.6 is 11.3 Å². The van der Waals surface area contributed by atoms with E-state index in [-0.39, 0.29) is 12.5 Å². The van der Waals surface area contributed by atoms with Crippen molar-refractivity contribution in [2.45, 2.75) is 40.5 Å². The van der Waals surface area contributed by atoms with Gasteiger partial charge in [-0.05, 0) is 37.8 Å². The number of nitrogens with zero attached hydrogens (tertiary/aromatic N) is 1. The number of aromatic nitrogens is 1. The summed E-state index contributed by atoms with van der Waals surface area (Å²) < 4.78 is 5.12. The SMILES string of the molecule is CCc1cccc(CC)c1NC(=O)COC(=O)c1sc(C)nc1C. The van der Waals surface area contributed by atoms with Crippen LogP contribution in [0.5, 0.6) is 0 Å². The van der Waals surface area contributed by atoms with Crippen LogP contribution in [0.25, 0.3) is 0 Å². The summed E-state index contributed by atoms with van der Waals surface area (Å²) in [7, 11) is 0. The lowest BCUT2D eigenvalue weighted by Crippen LogP contribution is -2.22. The largest absolute Gasteiger partial charge is 0.451 e. The first kappa shape index (κ1) is 18.1. The van der Waals surface area contributed by atoms with E-state index in [1.165, 1.54) is 11.3 Å². The predicted octanol–water partition coefficient (Wildman–Crippen LogP) is 3.68. The summed E-state index contributed by atoms with van der Waals surface area (Å²) in [6.45, 7) is 7.36. The Hall–Kier alpha value is -2.21. The number of carbonyl (C=O) groups excluding carboxylic acids is 2. The first-order chi connectivity index (χ1) is 11.5. The van der Waals surface area contributed by atoms with Gasteiger partial charge in [0.2, 0.25) is 0 Å². The number of carbonyl (C=O) groups is 2. The van der Waals surface area contributed by atoms with Gasteiger partial charge in [-0.25, -0.2) is 9.78 Å². The van der Waals surface area contributed by atoms with E-state index < -0.39 is 5.97 Å². The highest BCUT2D eigenvalue weighted by molar-refractivity contribution is 7.13. The van der Waals surface area contributed by atoms with Crippen LogP contribution in [-0.2, 0) is 22.4 Å². The summed E-state index contributed by atoms with van der Waals surface area (Å²) >= 11 is 1.27. The molecular weight excluding hydrogens is 324 g/mol. The molecule has 0 fully saturated rings. The van der Waals surface area contributed by atoms with Gasteiger partial charge in [-0.1, -0.05) is 32.0 Å². The molecule has 1 aromatic heterocycles. The Morgan fingerprint density at radius 1 is 1.17 bits per heavy atom. The predicted molar refractivity (Wildman–Crippen MR) is 95.7 cm³/mol.